The molecule has 1 aliphatic rings. The van der Waals surface area contributed by atoms with Crippen LogP contribution in [0.15, 0.2) is 48.5 Å². The van der Waals surface area contributed by atoms with E-state index < -0.39 is 11.7 Å². The van der Waals surface area contributed by atoms with Gasteiger partial charge in [0.25, 0.3) is 0 Å². The molecule has 1 fully saturated rings. The van der Waals surface area contributed by atoms with Crippen molar-refractivity contribution >= 4 is 17.3 Å². The molecule has 0 radical (unpaired) electrons. The van der Waals surface area contributed by atoms with Crippen molar-refractivity contribution in [3.05, 3.63) is 59.7 Å². The van der Waals surface area contributed by atoms with Crippen LogP contribution in [0.5, 0.6) is 0 Å². The Hall–Kier alpha value is -2.70. The predicted octanol–water partition coefficient (Wildman–Crippen LogP) is 4.16. The lowest BCUT2D eigenvalue weighted by molar-refractivity contribution is -0.137. The second-order valence-corrected chi connectivity index (χ2v) is 6.96. The van der Waals surface area contributed by atoms with Gasteiger partial charge in [0.2, 0.25) is 5.91 Å². The molecule has 3 rings (SSSR count). The number of hydrogen-bond donors (Lipinski definition) is 1. The molecule has 150 valence electrons. The molecule has 1 N–H and O–H groups in total. The Morgan fingerprint density at radius 2 is 1.71 bits per heavy atom. The predicted molar refractivity (Wildman–Crippen MR) is 105 cm³/mol. The van der Waals surface area contributed by atoms with E-state index in [4.69, 9.17) is 0 Å². The van der Waals surface area contributed by atoms with Gasteiger partial charge < -0.3 is 15.1 Å². The minimum Gasteiger partial charge on any atom is -0.385 e. The minimum absolute atomic E-state index is 0.0586. The number of anilines is 2. The highest BCUT2D eigenvalue weighted by Gasteiger charge is 2.29. The van der Waals surface area contributed by atoms with E-state index in [1.54, 1.807) is 0 Å². The van der Waals surface area contributed by atoms with E-state index in [0.29, 0.717) is 31.7 Å². The molecular weight excluding hydrogens is 367 g/mol. The van der Waals surface area contributed by atoms with Gasteiger partial charge in [0, 0.05) is 50.5 Å². The monoisotopic (exact) mass is 391 g/mol. The number of hydrogen-bond acceptors (Lipinski definition) is 3. The maximum atomic E-state index is 12.6. The fourth-order valence-electron chi connectivity index (χ4n) is 3.29. The van der Waals surface area contributed by atoms with Gasteiger partial charge in [-0.25, -0.2) is 0 Å². The van der Waals surface area contributed by atoms with Crippen LogP contribution in [0.4, 0.5) is 24.5 Å². The Labute approximate surface area is 162 Å². The average Bonchev–Trinajstić information content (AvgIpc) is 2.68. The maximum Gasteiger partial charge on any atom is 0.416 e. The Morgan fingerprint density at radius 1 is 1.04 bits per heavy atom. The molecule has 2 aromatic rings. The van der Waals surface area contributed by atoms with E-state index in [1.165, 1.54) is 23.4 Å². The zero-order valence-corrected chi connectivity index (χ0v) is 15.8. The van der Waals surface area contributed by atoms with E-state index in [2.05, 4.69) is 35.3 Å². The molecule has 0 aliphatic carbocycles. The number of nitrogens with one attached hydrogen (secondary N) is 1. The van der Waals surface area contributed by atoms with Gasteiger partial charge in [0.15, 0.2) is 0 Å². The van der Waals surface area contributed by atoms with Gasteiger partial charge in [-0.1, -0.05) is 12.1 Å². The van der Waals surface area contributed by atoms with Crippen LogP contribution < -0.4 is 10.2 Å². The topological polar surface area (TPSA) is 35.6 Å². The standard InChI is InChI=1S/C21H24F3N3O/c1-16-3-2-4-19(15-16)26-11-13-27(14-12-26)20(28)9-10-25-18-7-5-17(6-8-18)21(22,23)24/h2-8,15,25H,9-14H2,1H3. The third kappa shape index (κ3) is 5.18. The summed E-state index contributed by atoms with van der Waals surface area (Å²) in [4.78, 5) is 16.5. The average molecular weight is 391 g/mol. The van der Waals surface area contributed by atoms with Gasteiger partial charge >= 0.3 is 6.18 Å². The normalized spacial score (nSPS) is 14.9. The molecule has 0 bridgehead atoms. The fraction of sp³-hybridized carbons (Fsp3) is 0.381. The third-order valence-electron chi connectivity index (χ3n) is 4.88. The Bertz CT molecular complexity index is 797. The van der Waals surface area contributed by atoms with Gasteiger partial charge in [-0.15, -0.1) is 0 Å². The van der Waals surface area contributed by atoms with Crippen molar-refractivity contribution in [3.8, 4) is 0 Å². The van der Waals surface area contributed by atoms with Gasteiger partial charge in [0.1, 0.15) is 0 Å². The van der Waals surface area contributed by atoms with Crippen LogP contribution in [0.2, 0.25) is 0 Å². The molecule has 4 nitrogen and oxygen atoms in total. The number of carbonyl (C=O) groups excluding carboxylic acids is 1. The van der Waals surface area contributed by atoms with Crippen molar-refractivity contribution in [3.63, 3.8) is 0 Å². The van der Waals surface area contributed by atoms with Crippen LogP contribution in [0, 0.1) is 6.92 Å². The van der Waals surface area contributed by atoms with Crippen molar-refractivity contribution in [1.82, 2.24) is 4.90 Å². The van der Waals surface area contributed by atoms with E-state index in [9.17, 15) is 18.0 Å². The SMILES string of the molecule is Cc1cccc(N2CCN(C(=O)CCNc3ccc(C(F)(F)F)cc3)CC2)c1. The van der Waals surface area contributed by atoms with Crippen molar-refractivity contribution < 1.29 is 18.0 Å². The van der Waals surface area contributed by atoms with Gasteiger partial charge in [-0.05, 0) is 48.9 Å². The van der Waals surface area contributed by atoms with Crippen LogP contribution in [0.25, 0.3) is 0 Å². The lowest BCUT2D eigenvalue weighted by Crippen LogP contribution is -2.49. The maximum absolute atomic E-state index is 12.6. The highest BCUT2D eigenvalue weighted by atomic mass is 19.4. The molecule has 0 atom stereocenters. The smallest absolute Gasteiger partial charge is 0.385 e. The van der Waals surface area contributed by atoms with Crippen molar-refractivity contribution in [2.75, 3.05) is 42.9 Å². The van der Waals surface area contributed by atoms with Crippen LogP contribution in [0.3, 0.4) is 0 Å². The first-order valence-electron chi connectivity index (χ1n) is 9.33. The molecule has 1 aliphatic heterocycles. The summed E-state index contributed by atoms with van der Waals surface area (Å²) in [7, 11) is 0. The number of halogens is 3. The summed E-state index contributed by atoms with van der Waals surface area (Å²) < 4.78 is 37.7. The van der Waals surface area contributed by atoms with Crippen molar-refractivity contribution in [2.45, 2.75) is 19.5 Å². The van der Waals surface area contributed by atoms with Crippen LogP contribution in [0.1, 0.15) is 17.5 Å². The first kappa shape index (κ1) is 20.0. The number of piperazine rings is 1. The fourth-order valence-corrected chi connectivity index (χ4v) is 3.29. The van der Waals surface area contributed by atoms with E-state index in [-0.39, 0.29) is 5.91 Å². The summed E-state index contributed by atoms with van der Waals surface area (Å²) in [6.45, 7) is 5.39. The summed E-state index contributed by atoms with van der Waals surface area (Å²) >= 11 is 0. The molecule has 0 aromatic heterocycles. The number of benzene rings is 2. The number of rotatable bonds is 5. The molecule has 7 heteroatoms. The largest absolute Gasteiger partial charge is 0.416 e. The zero-order chi connectivity index (χ0) is 20.1. The molecular formula is C21H24F3N3O. The second kappa shape index (κ2) is 8.54. The van der Waals surface area contributed by atoms with Gasteiger partial charge in [0.05, 0.1) is 5.56 Å². The number of nitrogens with zero attached hydrogens (tertiary/aromatic N) is 2. The molecule has 1 saturated heterocycles. The van der Waals surface area contributed by atoms with Gasteiger partial charge in [-0.2, -0.15) is 13.2 Å². The second-order valence-electron chi connectivity index (χ2n) is 6.96. The molecule has 1 heterocycles. The third-order valence-corrected chi connectivity index (χ3v) is 4.88. The van der Waals surface area contributed by atoms with Crippen molar-refractivity contribution in [2.24, 2.45) is 0 Å². The zero-order valence-electron chi connectivity index (χ0n) is 15.8. The molecule has 2 aromatic carbocycles. The molecule has 0 saturated carbocycles. The molecule has 1 amide bonds. The summed E-state index contributed by atoms with van der Waals surface area (Å²) in [5.41, 5.74) is 2.28. The first-order chi connectivity index (χ1) is 13.3. The highest BCUT2D eigenvalue weighted by molar-refractivity contribution is 5.77. The Balaban J connectivity index is 1.42. The summed E-state index contributed by atoms with van der Waals surface area (Å²) in [6, 6.07) is 13.2. The summed E-state index contributed by atoms with van der Waals surface area (Å²) in [6.07, 6.45) is -4.03. The summed E-state index contributed by atoms with van der Waals surface area (Å²) in [5, 5.41) is 3.01. The summed E-state index contributed by atoms with van der Waals surface area (Å²) in [5.74, 6) is 0.0586. The van der Waals surface area contributed by atoms with E-state index in [1.807, 2.05) is 11.0 Å². The molecule has 0 unspecified atom stereocenters. The minimum atomic E-state index is -4.34. The van der Waals surface area contributed by atoms with Crippen LogP contribution >= 0.6 is 0 Å². The number of amides is 1. The van der Waals surface area contributed by atoms with Crippen LogP contribution in [-0.2, 0) is 11.0 Å². The lowest BCUT2D eigenvalue weighted by Gasteiger charge is -2.36. The number of aryl methyl sites for hydroxylation is 1. The van der Waals surface area contributed by atoms with Crippen LogP contribution in [-0.4, -0.2) is 43.5 Å². The Morgan fingerprint density at radius 3 is 2.32 bits per heavy atom. The lowest BCUT2D eigenvalue weighted by atomic mass is 10.2. The molecule has 28 heavy (non-hydrogen) atoms. The number of alkyl halides is 3. The highest BCUT2D eigenvalue weighted by Crippen LogP contribution is 2.29. The Kier molecular flexibility index (Phi) is 6.11. The first-order valence-corrected chi connectivity index (χ1v) is 9.33. The van der Waals surface area contributed by atoms with Gasteiger partial charge in [-0.3, -0.25) is 4.79 Å². The van der Waals surface area contributed by atoms with E-state index in [0.717, 1.165) is 25.2 Å². The quantitative estimate of drug-likeness (QED) is 0.831. The van der Waals surface area contributed by atoms with E-state index >= 15 is 0 Å². The number of carbonyl (C=O) groups is 1. The van der Waals surface area contributed by atoms with Crippen molar-refractivity contribution in [1.29, 1.82) is 0 Å². The molecule has 0 spiro atoms.